The normalized spacial score (nSPS) is 24.0. The summed E-state index contributed by atoms with van der Waals surface area (Å²) in [7, 11) is 0. The van der Waals surface area contributed by atoms with Crippen molar-refractivity contribution in [1.82, 2.24) is 10.2 Å². The van der Waals surface area contributed by atoms with Crippen LogP contribution in [0.15, 0.2) is 24.3 Å². The van der Waals surface area contributed by atoms with Crippen molar-refractivity contribution >= 4 is 11.9 Å². The number of carbonyl (C=O) groups is 2. The molecule has 0 aromatic heterocycles. The van der Waals surface area contributed by atoms with Gasteiger partial charge >= 0.3 is 6.03 Å². The van der Waals surface area contributed by atoms with Crippen LogP contribution < -0.4 is 10.1 Å². The maximum absolute atomic E-state index is 12.5. The Kier molecular flexibility index (Phi) is 4.64. The number of hydrogen-bond acceptors (Lipinski definition) is 5. The monoisotopic (exact) mass is 343 g/mol. The average Bonchev–Trinajstić information content (AvgIpc) is 3.41. The molecule has 25 heavy (non-hydrogen) atoms. The molecule has 1 heterocycles. The molecule has 2 aliphatic rings. The molecule has 2 fully saturated rings. The third-order valence-corrected chi connectivity index (χ3v) is 4.74. The number of β-amino-alcohol motifs (C(OH)–C–C–N with tert-alkyl or cyclic N) is 1. The summed E-state index contributed by atoms with van der Waals surface area (Å²) in [5, 5.41) is 21.5. The van der Waals surface area contributed by atoms with Gasteiger partial charge in [-0.1, -0.05) is 12.1 Å². The van der Waals surface area contributed by atoms with Crippen LogP contribution in [0.4, 0.5) is 4.79 Å². The van der Waals surface area contributed by atoms with Crippen LogP contribution >= 0.6 is 0 Å². The number of amides is 3. The van der Waals surface area contributed by atoms with E-state index in [1.807, 2.05) is 0 Å². The van der Waals surface area contributed by atoms with E-state index in [4.69, 9.17) is 10.00 Å². The second-order valence-electron chi connectivity index (χ2n) is 6.77. The van der Waals surface area contributed by atoms with Crippen molar-refractivity contribution in [3.8, 4) is 11.8 Å². The van der Waals surface area contributed by atoms with E-state index in [0.29, 0.717) is 12.2 Å². The van der Waals surface area contributed by atoms with Crippen molar-refractivity contribution < 1.29 is 19.4 Å². The van der Waals surface area contributed by atoms with E-state index in [9.17, 15) is 14.7 Å². The first-order valence-electron chi connectivity index (χ1n) is 8.35. The lowest BCUT2D eigenvalue weighted by Gasteiger charge is -2.22. The Bertz CT molecular complexity index is 708. The van der Waals surface area contributed by atoms with Crippen molar-refractivity contribution in [3.63, 3.8) is 0 Å². The van der Waals surface area contributed by atoms with Crippen LogP contribution in [-0.4, -0.2) is 46.7 Å². The van der Waals surface area contributed by atoms with E-state index in [-0.39, 0.29) is 25.0 Å². The van der Waals surface area contributed by atoms with Crippen LogP contribution in [0.1, 0.15) is 25.3 Å². The molecule has 1 aromatic rings. The molecule has 1 saturated heterocycles. The number of aliphatic hydroxyl groups excluding tert-OH is 1. The van der Waals surface area contributed by atoms with E-state index in [0.717, 1.165) is 23.3 Å². The molecule has 0 unspecified atom stereocenters. The SMILES string of the molecule is C[C@@]1(C2CC2)NC(=O)N(C[C@@H](O)COc2ccc(CC#N)cc2)C1=O. The number of rotatable bonds is 7. The van der Waals surface area contributed by atoms with Crippen molar-refractivity contribution in [2.45, 2.75) is 37.8 Å². The minimum Gasteiger partial charge on any atom is -0.491 e. The maximum atomic E-state index is 12.5. The fraction of sp³-hybridized carbons (Fsp3) is 0.500. The van der Waals surface area contributed by atoms with Crippen LogP contribution in [0.2, 0.25) is 0 Å². The lowest BCUT2D eigenvalue weighted by Crippen LogP contribution is -2.46. The predicted molar refractivity (Wildman–Crippen MR) is 88.6 cm³/mol. The molecule has 1 aliphatic heterocycles. The number of hydrogen-bond donors (Lipinski definition) is 2. The number of benzene rings is 1. The molecule has 1 saturated carbocycles. The minimum absolute atomic E-state index is 0.0329. The summed E-state index contributed by atoms with van der Waals surface area (Å²) in [6.45, 7) is 1.62. The first-order chi connectivity index (χ1) is 11.9. The summed E-state index contributed by atoms with van der Waals surface area (Å²) < 4.78 is 5.49. The maximum Gasteiger partial charge on any atom is 0.325 e. The molecule has 7 heteroatoms. The first kappa shape index (κ1) is 17.2. The van der Waals surface area contributed by atoms with Gasteiger partial charge in [-0.3, -0.25) is 9.69 Å². The fourth-order valence-electron chi connectivity index (χ4n) is 3.07. The van der Waals surface area contributed by atoms with Crippen LogP contribution in [0, 0.1) is 17.2 Å². The Balaban J connectivity index is 1.52. The number of aliphatic hydroxyl groups is 1. The first-order valence-corrected chi connectivity index (χ1v) is 8.35. The summed E-state index contributed by atoms with van der Waals surface area (Å²) in [6, 6.07) is 8.61. The van der Waals surface area contributed by atoms with E-state index in [1.165, 1.54) is 0 Å². The Hall–Kier alpha value is -2.59. The number of urea groups is 1. The molecule has 0 spiro atoms. The molecule has 2 N–H and O–H groups in total. The molecule has 1 aliphatic carbocycles. The van der Waals surface area contributed by atoms with Crippen LogP contribution in [-0.2, 0) is 11.2 Å². The number of nitrogens with one attached hydrogen (secondary N) is 1. The van der Waals surface area contributed by atoms with E-state index in [2.05, 4.69) is 11.4 Å². The summed E-state index contributed by atoms with van der Waals surface area (Å²) in [4.78, 5) is 25.6. The highest BCUT2D eigenvalue weighted by Gasteiger charge is 2.56. The molecule has 0 radical (unpaired) electrons. The lowest BCUT2D eigenvalue weighted by atomic mass is 9.96. The molecule has 3 amide bonds. The van der Waals surface area contributed by atoms with Crippen LogP contribution in [0.3, 0.4) is 0 Å². The summed E-state index contributed by atoms with van der Waals surface area (Å²) in [5.74, 6) is 0.468. The Morgan fingerprint density at radius 1 is 1.40 bits per heavy atom. The quantitative estimate of drug-likeness (QED) is 0.725. The molecule has 0 bridgehead atoms. The zero-order chi connectivity index (χ0) is 18.0. The highest BCUT2D eigenvalue weighted by atomic mass is 16.5. The van der Waals surface area contributed by atoms with E-state index in [1.54, 1.807) is 31.2 Å². The lowest BCUT2D eigenvalue weighted by molar-refractivity contribution is -0.132. The standard InChI is InChI=1S/C18H21N3O4/c1-18(13-4-5-13)16(23)21(17(24)20-18)10-14(22)11-25-15-6-2-12(3-7-15)8-9-19/h2-3,6-7,13-14,22H,4-5,8,10-11H2,1H3,(H,20,24)/t14-,18+/m1/s1. The third-order valence-electron chi connectivity index (χ3n) is 4.74. The molecular formula is C18H21N3O4. The zero-order valence-corrected chi connectivity index (χ0v) is 14.1. The van der Waals surface area contributed by atoms with Gasteiger partial charge < -0.3 is 15.2 Å². The summed E-state index contributed by atoms with van der Waals surface area (Å²) in [6.07, 6.45) is 1.22. The molecular weight excluding hydrogens is 322 g/mol. The Morgan fingerprint density at radius 2 is 2.08 bits per heavy atom. The van der Waals surface area contributed by atoms with E-state index < -0.39 is 17.7 Å². The Labute approximate surface area is 146 Å². The molecule has 7 nitrogen and oxygen atoms in total. The van der Waals surface area contributed by atoms with Crippen molar-refractivity contribution in [1.29, 1.82) is 5.26 Å². The third kappa shape index (κ3) is 3.59. The van der Waals surface area contributed by atoms with Gasteiger partial charge in [-0.25, -0.2) is 4.79 Å². The number of imide groups is 1. The summed E-state index contributed by atoms with van der Waals surface area (Å²) in [5.41, 5.74) is 0.0444. The zero-order valence-electron chi connectivity index (χ0n) is 14.1. The molecule has 3 rings (SSSR count). The van der Waals surface area contributed by atoms with Gasteiger partial charge in [0, 0.05) is 0 Å². The molecule has 2 atom stereocenters. The van der Waals surface area contributed by atoms with Crippen LogP contribution in [0.5, 0.6) is 5.75 Å². The van der Waals surface area contributed by atoms with Crippen molar-refractivity contribution in [2.24, 2.45) is 5.92 Å². The van der Waals surface area contributed by atoms with Gasteiger partial charge in [-0.05, 0) is 43.4 Å². The van der Waals surface area contributed by atoms with Gasteiger partial charge in [0.15, 0.2) is 0 Å². The van der Waals surface area contributed by atoms with Crippen LogP contribution in [0.25, 0.3) is 0 Å². The van der Waals surface area contributed by atoms with Gasteiger partial charge in [0.25, 0.3) is 5.91 Å². The predicted octanol–water partition coefficient (Wildman–Crippen LogP) is 1.21. The highest BCUT2D eigenvalue weighted by Crippen LogP contribution is 2.42. The number of carbonyl (C=O) groups excluding carboxylic acids is 2. The molecule has 1 aromatic carbocycles. The second-order valence-corrected chi connectivity index (χ2v) is 6.77. The average molecular weight is 343 g/mol. The van der Waals surface area contributed by atoms with Gasteiger partial charge in [0.1, 0.15) is 24.0 Å². The van der Waals surface area contributed by atoms with Gasteiger partial charge in [-0.2, -0.15) is 5.26 Å². The summed E-state index contributed by atoms with van der Waals surface area (Å²) >= 11 is 0. The molecule has 132 valence electrons. The van der Waals surface area contributed by atoms with Gasteiger partial charge in [-0.15, -0.1) is 0 Å². The smallest absolute Gasteiger partial charge is 0.325 e. The number of ether oxygens (including phenoxy) is 1. The topological polar surface area (TPSA) is 103 Å². The Morgan fingerprint density at radius 3 is 2.68 bits per heavy atom. The van der Waals surface area contributed by atoms with Gasteiger partial charge in [0.05, 0.1) is 19.0 Å². The van der Waals surface area contributed by atoms with Crippen molar-refractivity contribution in [2.75, 3.05) is 13.2 Å². The largest absolute Gasteiger partial charge is 0.491 e. The fourth-order valence-corrected chi connectivity index (χ4v) is 3.07. The highest BCUT2D eigenvalue weighted by molar-refractivity contribution is 6.07. The van der Waals surface area contributed by atoms with Gasteiger partial charge in [0.2, 0.25) is 0 Å². The number of nitrogens with zero attached hydrogens (tertiary/aromatic N) is 2. The second kappa shape index (κ2) is 6.73. The minimum atomic E-state index is -0.977. The van der Waals surface area contributed by atoms with E-state index >= 15 is 0 Å². The number of nitriles is 1. The van der Waals surface area contributed by atoms with Crippen molar-refractivity contribution in [3.05, 3.63) is 29.8 Å².